The van der Waals surface area contributed by atoms with Gasteiger partial charge in [0.15, 0.2) is 0 Å². The van der Waals surface area contributed by atoms with E-state index in [0.29, 0.717) is 5.56 Å². The lowest BCUT2D eigenvalue weighted by molar-refractivity contribution is 0.0930. The van der Waals surface area contributed by atoms with Gasteiger partial charge in [0.25, 0.3) is 5.91 Å². The molecular weight excluding hydrogens is 324 g/mol. The molecule has 0 saturated carbocycles. The van der Waals surface area contributed by atoms with Gasteiger partial charge in [-0.2, -0.15) is 5.10 Å². The number of nitrogens with one attached hydrogen (secondary N) is 1. The van der Waals surface area contributed by atoms with Crippen molar-refractivity contribution in [2.45, 2.75) is 13.0 Å². The van der Waals surface area contributed by atoms with Crippen LogP contribution in [0.1, 0.15) is 15.4 Å². The van der Waals surface area contributed by atoms with Crippen LogP contribution in [0, 0.1) is 6.92 Å². The average molecular weight is 340 g/mol. The minimum Gasteiger partial charge on any atom is -0.346 e. The zero-order valence-corrected chi connectivity index (χ0v) is 13.9. The van der Waals surface area contributed by atoms with Crippen LogP contribution in [0.15, 0.2) is 42.7 Å². The minimum absolute atomic E-state index is 0.0675. The van der Waals surface area contributed by atoms with Crippen LogP contribution in [0.3, 0.4) is 0 Å². The fourth-order valence-electron chi connectivity index (χ4n) is 2.62. The van der Waals surface area contributed by atoms with Gasteiger partial charge in [-0.15, -0.1) is 10.2 Å². The Bertz CT molecular complexity index is 853. The maximum atomic E-state index is 12.4. The van der Waals surface area contributed by atoms with Crippen molar-refractivity contribution in [2.75, 3.05) is 18.0 Å². The lowest BCUT2D eigenvalue weighted by Gasteiger charge is -2.39. The maximum Gasteiger partial charge on any atom is 0.251 e. The number of carbonyl (C=O) groups excluding carboxylic acids is 1. The van der Waals surface area contributed by atoms with Crippen LogP contribution in [-0.2, 0) is 0 Å². The van der Waals surface area contributed by atoms with Crippen molar-refractivity contribution in [3.63, 3.8) is 0 Å². The molecule has 1 saturated heterocycles. The van der Waals surface area contributed by atoms with E-state index in [1.165, 1.54) is 0 Å². The average Bonchev–Trinajstić information content (AvgIpc) is 3.22. The summed E-state index contributed by atoms with van der Waals surface area (Å²) in [7, 11) is 0. The maximum absolute atomic E-state index is 12.4. The molecule has 3 heterocycles. The van der Waals surface area contributed by atoms with E-state index in [-0.39, 0.29) is 11.9 Å². The fraction of sp³-hybridized carbons (Fsp3) is 0.250. The summed E-state index contributed by atoms with van der Waals surface area (Å²) in [5.41, 5.74) is 1.50. The van der Waals surface area contributed by atoms with Crippen LogP contribution in [0.25, 0.3) is 5.69 Å². The first-order valence-electron chi connectivity index (χ1n) is 7.65. The third-order valence-corrected chi connectivity index (χ3v) is 4.78. The smallest absolute Gasteiger partial charge is 0.251 e. The molecule has 0 radical (unpaired) electrons. The summed E-state index contributed by atoms with van der Waals surface area (Å²) in [5.74, 6) is -0.0675. The summed E-state index contributed by atoms with van der Waals surface area (Å²) in [6, 6.07) is 9.43. The summed E-state index contributed by atoms with van der Waals surface area (Å²) in [4.78, 5) is 14.6. The van der Waals surface area contributed by atoms with Gasteiger partial charge >= 0.3 is 0 Å². The van der Waals surface area contributed by atoms with E-state index in [2.05, 4.69) is 25.5 Å². The van der Waals surface area contributed by atoms with Crippen LogP contribution in [0.5, 0.6) is 0 Å². The van der Waals surface area contributed by atoms with Crippen LogP contribution in [0.4, 0.5) is 5.13 Å². The number of anilines is 1. The zero-order chi connectivity index (χ0) is 16.5. The predicted molar refractivity (Wildman–Crippen MR) is 91.7 cm³/mol. The number of aromatic nitrogens is 4. The quantitative estimate of drug-likeness (QED) is 0.781. The number of benzene rings is 1. The molecule has 1 amide bonds. The topological polar surface area (TPSA) is 75.9 Å². The molecule has 1 aromatic carbocycles. The third kappa shape index (κ3) is 2.88. The van der Waals surface area contributed by atoms with Gasteiger partial charge in [0.1, 0.15) is 5.01 Å². The monoisotopic (exact) mass is 340 g/mol. The van der Waals surface area contributed by atoms with Gasteiger partial charge in [0, 0.05) is 31.0 Å². The molecule has 3 aromatic rings. The number of carbonyl (C=O) groups is 1. The molecule has 24 heavy (non-hydrogen) atoms. The van der Waals surface area contributed by atoms with Crippen LogP contribution >= 0.6 is 11.3 Å². The first-order valence-corrected chi connectivity index (χ1v) is 8.47. The van der Waals surface area contributed by atoms with Gasteiger partial charge in [-0.3, -0.25) is 4.79 Å². The number of hydrogen-bond acceptors (Lipinski definition) is 6. The summed E-state index contributed by atoms with van der Waals surface area (Å²) in [6.07, 6.45) is 3.57. The SMILES string of the molecule is Cc1nnc(N2CC(NC(=O)c3cccc(-n4cccn4)c3)C2)s1. The van der Waals surface area contributed by atoms with Crippen molar-refractivity contribution < 1.29 is 4.79 Å². The highest BCUT2D eigenvalue weighted by atomic mass is 32.1. The highest BCUT2D eigenvalue weighted by Gasteiger charge is 2.30. The number of nitrogens with zero attached hydrogens (tertiary/aromatic N) is 5. The van der Waals surface area contributed by atoms with Gasteiger partial charge in [0.2, 0.25) is 5.13 Å². The Hall–Kier alpha value is -2.74. The molecule has 2 aromatic heterocycles. The molecule has 4 rings (SSSR count). The van der Waals surface area contributed by atoms with Crippen LogP contribution in [-0.4, -0.2) is 45.0 Å². The fourth-order valence-corrected chi connectivity index (χ4v) is 3.33. The van der Waals surface area contributed by atoms with Crippen molar-refractivity contribution in [3.05, 3.63) is 53.3 Å². The van der Waals surface area contributed by atoms with E-state index >= 15 is 0 Å². The lowest BCUT2D eigenvalue weighted by Crippen LogP contribution is -2.59. The summed E-state index contributed by atoms with van der Waals surface area (Å²) >= 11 is 1.57. The van der Waals surface area contributed by atoms with Gasteiger partial charge in [-0.1, -0.05) is 17.4 Å². The molecule has 7 nitrogen and oxygen atoms in total. The Balaban J connectivity index is 1.38. The number of amides is 1. The first-order chi connectivity index (χ1) is 11.7. The van der Waals surface area contributed by atoms with E-state index in [1.807, 2.05) is 43.5 Å². The van der Waals surface area contributed by atoms with Crippen LogP contribution < -0.4 is 10.2 Å². The van der Waals surface area contributed by atoms with Gasteiger partial charge in [-0.25, -0.2) is 4.68 Å². The summed E-state index contributed by atoms with van der Waals surface area (Å²) < 4.78 is 1.74. The second-order valence-corrected chi connectivity index (χ2v) is 6.84. The Morgan fingerprint density at radius 2 is 2.17 bits per heavy atom. The van der Waals surface area contributed by atoms with Gasteiger partial charge < -0.3 is 10.2 Å². The molecule has 8 heteroatoms. The zero-order valence-electron chi connectivity index (χ0n) is 13.1. The molecule has 1 aliphatic heterocycles. The lowest BCUT2D eigenvalue weighted by atomic mass is 10.1. The molecule has 0 bridgehead atoms. The molecule has 0 unspecified atom stereocenters. The Labute approximate surface area is 142 Å². The van der Waals surface area contributed by atoms with Gasteiger partial charge in [-0.05, 0) is 31.2 Å². The van der Waals surface area contributed by atoms with E-state index < -0.39 is 0 Å². The van der Waals surface area contributed by atoms with Crippen molar-refractivity contribution >= 4 is 22.4 Å². The number of rotatable bonds is 4. The largest absolute Gasteiger partial charge is 0.346 e. The van der Waals surface area contributed by atoms with Crippen molar-refractivity contribution in [3.8, 4) is 5.69 Å². The standard InChI is InChI=1S/C16H16N6OS/c1-11-19-20-16(24-11)21-9-13(10-21)18-15(23)12-4-2-5-14(8-12)22-7-3-6-17-22/h2-8,13H,9-10H2,1H3,(H,18,23). The minimum atomic E-state index is -0.0675. The molecule has 122 valence electrons. The van der Waals surface area contributed by atoms with E-state index in [0.717, 1.165) is 28.9 Å². The van der Waals surface area contributed by atoms with Gasteiger partial charge in [0.05, 0.1) is 11.7 Å². The highest BCUT2D eigenvalue weighted by Crippen LogP contribution is 2.24. The second kappa shape index (κ2) is 6.04. The predicted octanol–water partition coefficient (Wildman–Crippen LogP) is 1.65. The Morgan fingerprint density at radius 1 is 1.29 bits per heavy atom. The second-order valence-electron chi connectivity index (χ2n) is 5.68. The third-order valence-electron chi connectivity index (χ3n) is 3.88. The number of aryl methyl sites for hydroxylation is 1. The van der Waals surface area contributed by atoms with Crippen molar-refractivity contribution in [2.24, 2.45) is 0 Å². The summed E-state index contributed by atoms with van der Waals surface area (Å²) in [5, 5.41) is 17.3. The molecule has 0 spiro atoms. The van der Waals surface area contributed by atoms with E-state index in [4.69, 9.17) is 0 Å². The molecule has 1 fully saturated rings. The van der Waals surface area contributed by atoms with E-state index in [9.17, 15) is 4.79 Å². The van der Waals surface area contributed by atoms with Crippen molar-refractivity contribution in [1.29, 1.82) is 0 Å². The molecule has 0 aliphatic carbocycles. The molecule has 1 N–H and O–H groups in total. The molecule has 0 atom stereocenters. The van der Waals surface area contributed by atoms with Crippen molar-refractivity contribution in [1.82, 2.24) is 25.3 Å². The molecule has 1 aliphatic rings. The Morgan fingerprint density at radius 3 is 2.88 bits per heavy atom. The van der Waals surface area contributed by atoms with Crippen LogP contribution in [0.2, 0.25) is 0 Å². The van der Waals surface area contributed by atoms with E-state index in [1.54, 1.807) is 22.2 Å². The normalized spacial score (nSPS) is 14.5. The highest BCUT2D eigenvalue weighted by molar-refractivity contribution is 7.15. The first kappa shape index (κ1) is 14.8. The number of hydrogen-bond donors (Lipinski definition) is 1. The molecular formula is C16H16N6OS. The summed E-state index contributed by atoms with van der Waals surface area (Å²) in [6.45, 7) is 3.46. The Kier molecular flexibility index (Phi) is 3.73.